The van der Waals surface area contributed by atoms with Crippen LogP contribution in [0.2, 0.25) is 0 Å². The monoisotopic (exact) mass is 520 g/mol. The average molecular weight is 520 g/mol. The van der Waals surface area contributed by atoms with E-state index in [2.05, 4.69) is 15.3 Å². The second-order valence-electron chi connectivity index (χ2n) is 9.06. The van der Waals surface area contributed by atoms with Crippen LogP contribution >= 0.6 is 0 Å². The van der Waals surface area contributed by atoms with Crippen molar-refractivity contribution >= 4 is 29.4 Å². The fourth-order valence-electron chi connectivity index (χ4n) is 3.80. The van der Waals surface area contributed by atoms with Crippen molar-refractivity contribution in [3.05, 3.63) is 77.0 Å². The molecule has 37 heavy (non-hydrogen) atoms. The molecule has 3 aromatic rings. The Labute approximate surface area is 207 Å². The molecule has 1 aliphatic heterocycles. The summed E-state index contributed by atoms with van der Waals surface area (Å²) >= 11 is 0. The lowest BCUT2D eigenvalue weighted by atomic mass is 10.1. The molecule has 4 rings (SSSR count). The molecule has 0 unspecified atom stereocenters. The minimum atomic E-state index is -4.69. The van der Waals surface area contributed by atoms with Crippen LogP contribution in [0.25, 0.3) is 0 Å². The van der Waals surface area contributed by atoms with Crippen LogP contribution in [-0.2, 0) is 12.7 Å². The summed E-state index contributed by atoms with van der Waals surface area (Å²) in [7, 11) is 0. The Kier molecular flexibility index (Phi) is 6.48. The zero-order chi connectivity index (χ0) is 27.1. The SMILES string of the molecule is CC1(C)CN(c2ncc(C(=O)N(Cc3ccc(F)c(F)c3)c3cccc(C(F)(F)F)c3)c(N)n2)C(=O)N1. The number of nitrogens with one attached hydrogen (secondary N) is 1. The zero-order valence-corrected chi connectivity index (χ0v) is 19.6. The molecule has 0 spiro atoms. The number of benzene rings is 2. The molecule has 2 aromatic carbocycles. The summed E-state index contributed by atoms with van der Waals surface area (Å²) in [6, 6.07) is 6.36. The van der Waals surface area contributed by atoms with Gasteiger partial charge in [0, 0.05) is 11.9 Å². The molecule has 0 aliphatic carbocycles. The standard InChI is InChI=1S/C24H21F5N6O2/c1-23(2)12-35(22(37)33-23)21-31-10-16(19(30)32-21)20(36)34(11-13-6-7-17(25)18(26)8-13)15-5-3-4-14(9-15)24(27,28)29/h3-10H,11-12H2,1-2H3,(H,33,37)(H2,30,31,32). The number of hydrogen-bond acceptors (Lipinski definition) is 5. The third kappa shape index (κ3) is 5.44. The summed E-state index contributed by atoms with van der Waals surface area (Å²) in [6.07, 6.45) is -3.63. The summed E-state index contributed by atoms with van der Waals surface area (Å²) in [6.45, 7) is 3.39. The largest absolute Gasteiger partial charge is 0.416 e. The predicted molar refractivity (Wildman–Crippen MR) is 125 cm³/mol. The Balaban J connectivity index is 1.72. The maximum atomic E-state index is 13.8. The Morgan fingerprint density at radius 2 is 1.89 bits per heavy atom. The van der Waals surface area contributed by atoms with E-state index in [0.717, 1.165) is 41.4 Å². The van der Waals surface area contributed by atoms with E-state index >= 15 is 0 Å². The number of carbonyl (C=O) groups excluding carboxylic acids is 2. The average Bonchev–Trinajstić information content (AvgIpc) is 3.10. The molecule has 0 atom stereocenters. The first-order valence-corrected chi connectivity index (χ1v) is 10.9. The van der Waals surface area contributed by atoms with Crippen LogP contribution in [0.3, 0.4) is 0 Å². The van der Waals surface area contributed by atoms with Gasteiger partial charge < -0.3 is 16.0 Å². The highest BCUT2D eigenvalue weighted by molar-refractivity contribution is 6.08. The Morgan fingerprint density at radius 1 is 1.16 bits per heavy atom. The molecule has 0 radical (unpaired) electrons. The maximum Gasteiger partial charge on any atom is 0.416 e. The third-order valence-corrected chi connectivity index (χ3v) is 5.58. The number of rotatable bonds is 5. The van der Waals surface area contributed by atoms with Crippen molar-refractivity contribution in [2.75, 3.05) is 22.1 Å². The van der Waals surface area contributed by atoms with Crippen LogP contribution in [0, 0.1) is 11.6 Å². The van der Waals surface area contributed by atoms with Crippen molar-refractivity contribution in [2.45, 2.75) is 32.1 Å². The summed E-state index contributed by atoms with van der Waals surface area (Å²) in [5.74, 6) is -3.59. The second kappa shape index (κ2) is 9.30. The number of anilines is 3. The number of urea groups is 1. The number of alkyl halides is 3. The van der Waals surface area contributed by atoms with Gasteiger partial charge >= 0.3 is 12.2 Å². The first-order valence-electron chi connectivity index (χ1n) is 10.9. The molecule has 3 amide bonds. The van der Waals surface area contributed by atoms with Gasteiger partial charge in [-0.25, -0.2) is 18.6 Å². The van der Waals surface area contributed by atoms with Crippen LogP contribution in [-0.4, -0.2) is 34.0 Å². The minimum Gasteiger partial charge on any atom is -0.383 e. The van der Waals surface area contributed by atoms with Gasteiger partial charge in [0.05, 0.1) is 24.2 Å². The van der Waals surface area contributed by atoms with Gasteiger partial charge in [-0.15, -0.1) is 0 Å². The highest BCUT2D eigenvalue weighted by atomic mass is 19.4. The van der Waals surface area contributed by atoms with E-state index in [9.17, 15) is 31.5 Å². The normalized spacial score (nSPS) is 15.0. The van der Waals surface area contributed by atoms with Crippen LogP contribution in [0.4, 0.5) is 44.2 Å². The third-order valence-electron chi connectivity index (χ3n) is 5.58. The number of carbonyl (C=O) groups is 2. The number of halogens is 5. The molecule has 3 N–H and O–H groups in total. The predicted octanol–water partition coefficient (Wildman–Crippen LogP) is 4.51. The van der Waals surface area contributed by atoms with Gasteiger partial charge in [0.1, 0.15) is 11.4 Å². The molecule has 1 aliphatic rings. The Bertz CT molecular complexity index is 1380. The number of nitrogens with two attached hydrogens (primary N) is 1. The van der Waals surface area contributed by atoms with Crippen molar-refractivity contribution in [1.29, 1.82) is 0 Å². The van der Waals surface area contributed by atoms with E-state index in [0.29, 0.717) is 0 Å². The van der Waals surface area contributed by atoms with Crippen molar-refractivity contribution in [1.82, 2.24) is 15.3 Å². The number of amides is 3. The molecule has 194 valence electrons. The number of aromatic nitrogens is 2. The van der Waals surface area contributed by atoms with Crippen LogP contribution in [0.5, 0.6) is 0 Å². The van der Waals surface area contributed by atoms with Crippen LogP contribution in [0.15, 0.2) is 48.7 Å². The molecule has 2 heterocycles. The second-order valence-corrected chi connectivity index (χ2v) is 9.06. The molecule has 0 saturated carbocycles. The molecule has 1 fully saturated rings. The van der Waals surface area contributed by atoms with Gasteiger partial charge in [-0.05, 0) is 49.7 Å². The molecule has 0 bridgehead atoms. The van der Waals surface area contributed by atoms with E-state index in [1.54, 1.807) is 13.8 Å². The van der Waals surface area contributed by atoms with E-state index in [1.165, 1.54) is 17.0 Å². The smallest absolute Gasteiger partial charge is 0.383 e. The van der Waals surface area contributed by atoms with Crippen LogP contribution in [0.1, 0.15) is 35.3 Å². The zero-order valence-electron chi connectivity index (χ0n) is 19.6. The highest BCUT2D eigenvalue weighted by Crippen LogP contribution is 2.33. The van der Waals surface area contributed by atoms with E-state index in [4.69, 9.17) is 5.73 Å². The van der Waals surface area contributed by atoms with E-state index in [-0.39, 0.29) is 35.1 Å². The minimum absolute atomic E-state index is 0.0663. The van der Waals surface area contributed by atoms with Gasteiger partial charge in [-0.3, -0.25) is 9.69 Å². The molecule has 1 aromatic heterocycles. The maximum absolute atomic E-state index is 13.8. The van der Waals surface area contributed by atoms with Crippen molar-refractivity contribution in [3.63, 3.8) is 0 Å². The lowest BCUT2D eigenvalue weighted by Gasteiger charge is -2.25. The van der Waals surface area contributed by atoms with Crippen molar-refractivity contribution in [2.24, 2.45) is 0 Å². The topological polar surface area (TPSA) is 104 Å². The fraction of sp³-hybridized carbons (Fsp3) is 0.250. The summed E-state index contributed by atoms with van der Waals surface area (Å²) in [4.78, 5) is 36.0. The number of hydrogen-bond donors (Lipinski definition) is 2. The van der Waals surface area contributed by atoms with Crippen LogP contribution < -0.4 is 20.9 Å². The summed E-state index contributed by atoms with van der Waals surface area (Å²) in [5, 5.41) is 2.73. The van der Waals surface area contributed by atoms with Crippen molar-refractivity contribution < 1.29 is 31.5 Å². The fourth-order valence-corrected chi connectivity index (χ4v) is 3.80. The molecular formula is C24H21F5N6O2. The quantitative estimate of drug-likeness (QED) is 0.482. The highest BCUT2D eigenvalue weighted by Gasteiger charge is 2.37. The molecule has 1 saturated heterocycles. The Morgan fingerprint density at radius 3 is 2.49 bits per heavy atom. The van der Waals surface area contributed by atoms with Gasteiger partial charge in [0.25, 0.3) is 5.91 Å². The number of nitrogens with zero attached hydrogens (tertiary/aromatic N) is 4. The van der Waals surface area contributed by atoms with Gasteiger partial charge in [0.2, 0.25) is 5.95 Å². The summed E-state index contributed by atoms with van der Waals surface area (Å²) < 4.78 is 67.3. The lowest BCUT2D eigenvalue weighted by molar-refractivity contribution is -0.137. The first-order chi connectivity index (χ1) is 17.2. The summed E-state index contributed by atoms with van der Waals surface area (Å²) in [5.41, 5.74) is 4.10. The number of nitrogen functional groups attached to an aromatic ring is 1. The van der Waals surface area contributed by atoms with Gasteiger partial charge in [-0.2, -0.15) is 18.2 Å². The van der Waals surface area contributed by atoms with Gasteiger partial charge in [0.15, 0.2) is 11.6 Å². The molecular weight excluding hydrogens is 499 g/mol. The lowest BCUT2D eigenvalue weighted by Crippen LogP contribution is -2.36. The van der Waals surface area contributed by atoms with Gasteiger partial charge in [-0.1, -0.05) is 12.1 Å². The van der Waals surface area contributed by atoms with E-state index < -0.39 is 47.4 Å². The van der Waals surface area contributed by atoms with E-state index in [1.807, 2.05) is 0 Å². The Hall–Kier alpha value is -4.29. The molecule has 8 nitrogen and oxygen atoms in total. The first kappa shape index (κ1) is 25.8. The molecule has 13 heteroatoms. The van der Waals surface area contributed by atoms with Crippen molar-refractivity contribution in [3.8, 4) is 0 Å².